The van der Waals surface area contributed by atoms with E-state index in [2.05, 4.69) is 20.0 Å². The number of anilines is 1. The van der Waals surface area contributed by atoms with Crippen LogP contribution < -0.4 is 4.90 Å². The van der Waals surface area contributed by atoms with Gasteiger partial charge in [0, 0.05) is 33.1 Å². The molecule has 0 radical (unpaired) electrons. The fraction of sp³-hybridized carbons (Fsp3) is 0.429. The molecule has 2 aromatic rings. The minimum absolute atomic E-state index is 0.311. The van der Waals surface area contributed by atoms with Gasteiger partial charge in [0.15, 0.2) is 0 Å². The molecule has 0 bridgehead atoms. The summed E-state index contributed by atoms with van der Waals surface area (Å²) >= 11 is 6.10. The van der Waals surface area contributed by atoms with Crippen LogP contribution in [0.2, 0.25) is 5.02 Å². The smallest absolute Gasteiger partial charge is 0.230 e. The highest BCUT2D eigenvalue weighted by Crippen LogP contribution is 2.27. The molecule has 1 aromatic carbocycles. The molecule has 0 saturated carbocycles. The zero-order valence-electron chi connectivity index (χ0n) is 11.7. The molecule has 1 saturated heterocycles. The molecule has 3 rings (SSSR count). The van der Waals surface area contributed by atoms with Gasteiger partial charge >= 0.3 is 0 Å². The van der Waals surface area contributed by atoms with Crippen LogP contribution in [0, 0.1) is 12.7 Å². The number of hydrogen-bond donors (Lipinski definition) is 0. The zero-order chi connectivity index (χ0) is 14.8. The summed E-state index contributed by atoms with van der Waals surface area (Å²) in [6.45, 7) is 5.85. The Morgan fingerprint density at radius 1 is 1.24 bits per heavy atom. The maximum atomic E-state index is 13.1. The van der Waals surface area contributed by atoms with Crippen molar-refractivity contribution in [3.63, 3.8) is 0 Å². The third-order valence-corrected chi connectivity index (χ3v) is 3.85. The Hall–Kier alpha value is -1.66. The van der Waals surface area contributed by atoms with Gasteiger partial charge in [0.1, 0.15) is 5.82 Å². The van der Waals surface area contributed by atoms with E-state index >= 15 is 0 Å². The number of rotatable bonds is 3. The maximum Gasteiger partial charge on any atom is 0.230 e. The summed E-state index contributed by atoms with van der Waals surface area (Å²) in [5, 5.41) is 8.29. The molecule has 1 aliphatic rings. The predicted molar refractivity (Wildman–Crippen MR) is 77.9 cm³/mol. The van der Waals surface area contributed by atoms with Crippen molar-refractivity contribution in [3.8, 4) is 0 Å². The summed E-state index contributed by atoms with van der Waals surface area (Å²) in [4.78, 5) is 4.41. The zero-order valence-corrected chi connectivity index (χ0v) is 12.5. The second-order valence-electron chi connectivity index (χ2n) is 5.07. The van der Waals surface area contributed by atoms with Crippen LogP contribution >= 0.6 is 11.6 Å². The Balaban J connectivity index is 1.59. The van der Waals surface area contributed by atoms with Gasteiger partial charge in [-0.1, -0.05) is 11.6 Å². The van der Waals surface area contributed by atoms with E-state index in [1.54, 1.807) is 13.0 Å². The number of hydrogen-bond acceptors (Lipinski definition) is 5. The van der Waals surface area contributed by atoms with E-state index in [1.807, 2.05) is 0 Å². The number of aryl methyl sites for hydroxylation is 1. The fourth-order valence-electron chi connectivity index (χ4n) is 2.48. The summed E-state index contributed by atoms with van der Waals surface area (Å²) in [7, 11) is 0. The second kappa shape index (κ2) is 5.99. The third kappa shape index (κ3) is 3.33. The first-order valence-electron chi connectivity index (χ1n) is 6.83. The Labute approximate surface area is 127 Å². The Morgan fingerprint density at radius 2 is 2.00 bits per heavy atom. The molecular weight excluding hydrogens is 295 g/mol. The fourth-order valence-corrected chi connectivity index (χ4v) is 2.76. The largest absolute Gasteiger partial charge is 0.424 e. The molecule has 1 fully saturated rings. The molecule has 0 unspecified atom stereocenters. The summed E-state index contributed by atoms with van der Waals surface area (Å²) in [6, 6.07) is 4.52. The molecule has 0 aliphatic carbocycles. The van der Waals surface area contributed by atoms with Gasteiger partial charge in [0.2, 0.25) is 11.8 Å². The van der Waals surface area contributed by atoms with Crippen molar-refractivity contribution in [2.45, 2.75) is 13.5 Å². The molecule has 0 N–H and O–H groups in total. The molecule has 112 valence electrons. The first kappa shape index (κ1) is 14.3. The Kier molecular flexibility index (Phi) is 4.07. The molecule has 7 heteroatoms. The molecule has 21 heavy (non-hydrogen) atoms. The maximum absolute atomic E-state index is 13.1. The van der Waals surface area contributed by atoms with Crippen molar-refractivity contribution in [3.05, 3.63) is 40.8 Å². The molecule has 1 aromatic heterocycles. The van der Waals surface area contributed by atoms with E-state index < -0.39 is 0 Å². The number of aromatic nitrogens is 2. The van der Waals surface area contributed by atoms with Gasteiger partial charge in [0.25, 0.3) is 0 Å². The van der Waals surface area contributed by atoms with E-state index in [4.69, 9.17) is 16.0 Å². The normalized spacial score (nSPS) is 16.4. The Morgan fingerprint density at radius 3 is 2.62 bits per heavy atom. The van der Waals surface area contributed by atoms with Gasteiger partial charge in [-0.05, 0) is 18.2 Å². The van der Waals surface area contributed by atoms with Gasteiger partial charge in [0.05, 0.1) is 17.3 Å². The Bertz CT molecular complexity index is 625. The first-order chi connectivity index (χ1) is 10.1. The summed E-state index contributed by atoms with van der Waals surface area (Å²) in [5.41, 5.74) is 0.881. The quantitative estimate of drug-likeness (QED) is 0.871. The van der Waals surface area contributed by atoms with Crippen LogP contribution in [0.4, 0.5) is 10.1 Å². The minimum Gasteiger partial charge on any atom is -0.424 e. The standard InChI is InChI=1S/C14H16ClFN4O/c1-10-17-18-14(21-10)9-19-4-6-20(7-5-19)13-3-2-11(16)8-12(13)15/h2-3,8H,4-7,9H2,1H3. The highest BCUT2D eigenvalue weighted by Gasteiger charge is 2.20. The van der Waals surface area contributed by atoms with Crippen molar-refractivity contribution >= 4 is 17.3 Å². The highest BCUT2D eigenvalue weighted by molar-refractivity contribution is 6.33. The topological polar surface area (TPSA) is 45.4 Å². The van der Waals surface area contributed by atoms with Gasteiger partial charge in [-0.2, -0.15) is 0 Å². The number of piperazine rings is 1. The molecule has 1 aliphatic heterocycles. The monoisotopic (exact) mass is 310 g/mol. The van der Waals surface area contributed by atoms with E-state index in [1.165, 1.54) is 12.1 Å². The van der Waals surface area contributed by atoms with Crippen LogP contribution in [-0.2, 0) is 6.54 Å². The average Bonchev–Trinajstić information content (AvgIpc) is 2.85. The summed E-state index contributed by atoms with van der Waals surface area (Å²) < 4.78 is 18.5. The van der Waals surface area contributed by atoms with E-state index in [0.29, 0.717) is 23.3 Å². The molecule has 0 amide bonds. The highest BCUT2D eigenvalue weighted by atomic mass is 35.5. The van der Waals surface area contributed by atoms with Gasteiger partial charge < -0.3 is 9.32 Å². The average molecular weight is 311 g/mol. The predicted octanol–water partition coefficient (Wildman–Crippen LogP) is 2.49. The lowest BCUT2D eigenvalue weighted by atomic mass is 10.2. The molecule has 5 nitrogen and oxygen atoms in total. The first-order valence-corrected chi connectivity index (χ1v) is 7.21. The van der Waals surface area contributed by atoms with Gasteiger partial charge in [-0.25, -0.2) is 4.39 Å². The van der Waals surface area contributed by atoms with Crippen LogP contribution in [0.5, 0.6) is 0 Å². The van der Waals surface area contributed by atoms with Crippen LogP contribution in [-0.4, -0.2) is 41.3 Å². The SMILES string of the molecule is Cc1nnc(CN2CCN(c3ccc(F)cc3Cl)CC2)o1. The molecule has 0 atom stereocenters. The van der Waals surface area contributed by atoms with Crippen LogP contribution in [0.3, 0.4) is 0 Å². The van der Waals surface area contributed by atoms with Crippen LogP contribution in [0.1, 0.15) is 11.8 Å². The molecular formula is C14H16ClFN4O. The summed E-state index contributed by atoms with van der Waals surface area (Å²) in [5.74, 6) is 0.914. The van der Waals surface area contributed by atoms with Crippen molar-refractivity contribution in [2.75, 3.05) is 31.1 Å². The lowest BCUT2D eigenvalue weighted by molar-refractivity contribution is 0.225. The molecule has 0 spiro atoms. The molecule has 2 heterocycles. The van der Waals surface area contributed by atoms with Gasteiger partial charge in [-0.3, -0.25) is 4.90 Å². The number of nitrogens with zero attached hydrogens (tertiary/aromatic N) is 4. The van der Waals surface area contributed by atoms with E-state index in [9.17, 15) is 4.39 Å². The number of halogens is 2. The van der Waals surface area contributed by atoms with Crippen LogP contribution in [0.25, 0.3) is 0 Å². The van der Waals surface area contributed by atoms with Gasteiger partial charge in [-0.15, -0.1) is 10.2 Å². The van der Waals surface area contributed by atoms with Crippen molar-refractivity contribution in [1.82, 2.24) is 15.1 Å². The van der Waals surface area contributed by atoms with Crippen molar-refractivity contribution in [2.24, 2.45) is 0 Å². The van der Waals surface area contributed by atoms with Crippen molar-refractivity contribution in [1.29, 1.82) is 0 Å². The lowest BCUT2D eigenvalue weighted by Gasteiger charge is -2.35. The number of benzene rings is 1. The second-order valence-corrected chi connectivity index (χ2v) is 5.48. The lowest BCUT2D eigenvalue weighted by Crippen LogP contribution is -2.46. The van der Waals surface area contributed by atoms with E-state index in [-0.39, 0.29) is 5.82 Å². The van der Waals surface area contributed by atoms with Crippen LogP contribution in [0.15, 0.2) is 22.6 Å². The third-order valence-electron chi connectivity index (χ3n) is 3.55. The summed E-state index contributed by atoms with van der Waals surface area (Å²) in [6.07, 6.45) is 0. The minimum atomic E-state index is -0.311. The van der Waals surface area contributed by atoms with Crippen molar-refractivity contribution < 1.29 is 8.81 Å². The van der Waals surface area contributed by atoms with E-state index in [0.717, 1.165) is 31.9 Å².